The summed E-state index contributed by atoms with van der Waals surface area (Å²) < 4.78 is 36.0. The third kappa shape index (κ3) is 8.05. The summed E-state index contributed by atoms with van der Waals surface area (Å²) in [5.41, 5.74) is 5.23. The molecule has 13 heavy (non-hydrogen) atoms. The fraction of sp³-hybridized carbons (Fsp3) is 1.00. The van der Waals surface area contributed by atoms with Crippen molar-refractivity contribution < 1.29 is 13.2 Å². The highest BCUT2D eigenvalue weighted by atomic mass is 19.4. The SMILES string of the molecule is CCCN(CCCN)CC(F)(F)F. The van der Waals surface area contributed by atoms with Gasteiger partial charge in [0.2, 0.25) is 0 Å². The fourth-order valence-electron chi connectivity index (χ4n) is 1.15. The molecule has 0 rings (SSSR count). The molecule has 5 heteroatoms. The number of nitrogens with zero attached hydrogens (tertiary/aromatic N) is 1. The monoisotopic (exact) mass is 198 g/mol. The van der Waals surface area contributed by atoms with E-state index in [1.807, 2.05) is 6.92 Å². The summed E-state index contributed by atoms with van der Waals surface area (Å²) in [5.74, 6) is 0. The van der Waals surface area contributed by atoms with Crippen LogP contribution in [0, 0.1) is 0 Å². The highest BCUT2D eigenvalue weighted by Crippen LogP contribution is 2.16. The van der Waals surface area contributed by atoms with Crippen LogP contribution < -0.4 is 5.73 Å². The first-order valence-electron chi connectivity index (χ1n) is 4.48. The Morgan fingerprint density at radius 1 is 1.23 bits per heavy atom. The zero-order valence-electron chi connectivity index (χ0n) is 7.90. The molecule has 0 fully saturated rings. The Balaban J connectivity index is 3.79. The lowest BCUT2D eigenvalue weighted by Gasteiger charge is -2.22. The van der Waals surface area contributed by atoms with Gasteiger partial charge in [-0.15, -0.1) is 0 Å². The van der Waals surface area contributed by atoms with Gasteiger partial charge in [-0.1, -0.05) is 6.92 Å². The molecule has 0 saturated carbocycles. The second-order valence-corrected chi connectivity index (χ2v) is 3.03. The Kier molecular flexibility index (Phi) is 6.07. The molecule has 0 radical (unpaired) electrons. The summed E-state index contributed by atoms with van der Waals surface area (Å²) in [4.78, 5) is 1.40. The van der Waals surface area contributed by atoms with Gasteiger partial charge in [0.05, 0.1) is 6.54 Å². The number of alkyl halides is 3. The van der Waals surface area contributed by atoms with Crippen LogP contribution in [0.1, 0.15) is 19.8 Å². The smallest absolute Gasteiger partial charge is 0.330 e. The van der Waals surface area contributed by atoms with Gasteiger partial charge < -0.3 is 5.73 Å². The van der Waals surface area contributed by atoms with Crippen LogP contribution in [0.3, 0.4) is 0 Å². The van der Waals surface area contributed by atoms with Crippen molar-refractivity contribution in [2.24, 2.45) is 5.73 Å². The van der Waals surface area contributed by atoms with Gasteiger partial charge in [-0.25, -0.2) is 0 Å². The van der Waals surface area contributed by atoms with Crippen molar-refractivity contribution in [3.63, 3.8) is 0 Å². The van der Waals surface area contributed by atoms with E-state index in [1.165, 1.54) is 4.90 Å². The molecule has 0 aromatic rings. The fourth-order valence-corrected chi connectivity index (χ4v) is 1.15. The number of halogens is 3. The van der Waals surface area contributed by atoms with Crippen molar-refractivity contribution in [2.45, 2.75) is 25.9 Å². The van der Waals surface area contributed by atoms with Crippen molar-refractivity contribution >= 4 is 0 Å². The molecule has 0 aliphatic heterocycles. The Bertz CT molecular complexity index is 125. The van der Waals surface area contributed by atoms with Gasteiger partial charge in [0.25, 0.3) is 0 Å². The van der Waals surface area contributed by atoms with Gasteiger partial charge in [-0.05, 0) is 32.5 Å². The Morgan fingerprint density at radius 2 is 1.85 bits per heavy atom. The largest absolute Gasteiger partial charge is 0.401 e. The molecule has 0 aromatic heterocycles. The van der Waals surface area contributed by atoms with Crippen LogP contribution in [0.15, 0.2) is 0 Å². The van der Waals surface area contributed by atoms with E-state index in [2.05, 4.69) is 0 Å². The summed E-state index contributed by atoms with van der Waals surface area (Å²) in [5, 5.41) is 0. The minimum Gasteiger partial charge on any atom is -0.330 e. The number of hydrogen-bond acceptors (Lipinski definition) is 2. The lowest BCUT2D eigenvalue weighted by atomic mass is 10.3. The first-order chi connectivity index (χ1) is 5.99. The quantitative estimate of drug-likeness (QED) is 0.702. The van der Waals surface area contributed by atoms with Crippen LogP contribution in [-0.2, 0) is 0 Å². The Labute approximate surface area is 76.9 Å². The van der Waals surface area contributed by atoms with Crippen LogP contribution in [0.2, 0.25) is 0 Å². The van der Waals surface area contributed by atoms with E-state index in [-0.39, 0.29) is 0 Å². The minimum absolute atomic E-state index is 0.434. The zero-order chi connectivity index (χ0) is 10.3. The number of hydrogen-bond donors (Lipinski definition) is 1. The van der Waals surface area contributed by atoms with Gasteiger partial charge in [-0.2, -0.15) is 13.2 Å². The van der Waals surface area contributed by atoms with Crippen molar-refractivity contribution in [2.75, 3.05) is 26.2 Å². The second kappa shape index (κ2) is 6.21. The molecule has 2 nitrogen and oxygen atoms in total. The topological polar surface area (TPSA) is 29.3 Å². The lowest BCUT2D eigenvalue weighted by Crippen LogP contribution is -2.36. The molecule has 0 amide bonds. The minimum atomic E-state index is -4.09. The van der Waals surface area contributed by atoms with Gasteiger partial charge in [0.15, 0.2) is 0 Å². The van der Waals surface area contributed by atoms with Crippen molar-refractivity contribution in [3.8, 4) is 0 Å². The van der Waals surface area contributed by atoms with E-state index in [9.17, 15) is 13.2 Å². The molecule has 80 valence electrons. The van der Waals surface area contributed by atoms with Gasteiger partial charge in [0.1, 0.15) is 0 Å². The first-order valence-corrected chi connectivity index (χ1v) is 4.48. The molecule has 0 heterocycles. The number of rotatable bonds is 6. The molecule has 0 atom stereocenters. The molecule has 0 unspecified atom stereocenters. The molecular formula is C8H17F3N2. The highest BCUT2D eigenvalue weighted by Gasteiger charge is 2.29. The van der Waals surface area contributed by atoms with Crippen LogP contribution in [0.25, 0.3) is 0 Å². The standard InChI is InChI=1S/C8H17F3N2/c1-2-5-13(6-3-4-12)7-8(9,10)11/h2-7,12H2,1H3. The van der Waals surface area contributed by atoms with Crippen molar-refractivity contribution in [3.05, 3.63) is 0 Å². The summed E-state index contributed by atoms with van der Waals surface area (Å²) in [6.45, 7) is 2.41. The molecule has 0 saturated heterocycles. The lowest BCUT2D eigenvalue weighted by molar-refractivity contribution is -0.146. The third-order valence-electron chi connectivity index (χ3n) is 1.62. The van der Waals surface area contributed by atoms with Crippen LogP contribution in [-0.4, -0.2) is 37.3 Å². The maximum atomic E-state index is 12.0. The Hall–Kier alpha value is -0.290. The molecule has 2 N–H and O–H groups in total. The highest BCUT2D eigenvalue weighted by molar-refractivity contribution is 4.62. The predicted molar refractivity (Wildman–Crippen MR) is 46.5 cm³/mol. The molecule has 0 aliphatic carbocycles. The summed E-state index contributed by atoms with van der Waals surface area (Å²) >= 11 is 0. The van der Waals surface area contributed by atoms with E-state index < -0.39 is 12.7 Å². The number of nitrogens with two attached hydrogens (primary N) is 1. The summed E-state index contributed by atoms with van der Waals surface area (Å²) in [6, 6.07) is 0. The molecule has 0 bridgehead atoms. The van der Waals surface area contributed by atoms with Crippen LogP contribution >= 0.6 is 0 Å². The first kappa shape index (κ1) is 12.7. The third-order valence-corrected chi connectivity index (χ3v) is 1.62. The predicted octanol–water partition coefficient (Wildman–Crippen LogP) is 1.61. The zero-order valence-corrected chi connectivity index (χ0v) is 7.90. The molecular weight excluding hydrogens is 181 g/mol. The van der Waals surface area contributed by atoms with Gasteiger partial charge in [0, 0.05) is 0 Å². The van der Waals surface area contributed by atoms with E-state index in [0.717, 1.165) is 6.42 Å². The van der Waals surface area contributed by atoms with Crippen molar-refractivity contribution in [1.82, 2.24) is 4.90 Å². The maximum Gasteiger partial charge on any atom is 0.401 e. The molecule has 0 aliphatic rings. The molecule has 0 spiro atoms. The normalized spacial score (nSPS) is 12.5. The second-order valence-electron chi connectivity index (χ2n) is 3.03. The van der Waals surface area contributed by atoms with E-state index in [0.29, 0.717) is 26.1 Å². The van der Waals surface area contributed by atoms with Gasteiger partial charge in [-0.3, -0.25) is 4.90 Å². The van der Waals surface area contributed by atoms with Gasteiger partial charge >= 0.3 is 6.18 Å². The van der Waals surface area contributed by atoms with Crippen LogP contribution in [0.4, 0.5) is 13.2 Å². The Morgan fingerprint density at radius 3 is 2.23 bits per heavy atom. The van der Waals surface area contributed by atoms with Crippen LogP contribution in [0.5, 0.6) is 0 Å². The maximum absolute atomic E-state index is 12.0. The summed E-state index contributed by atoms with van der Waals surface area (Å²) in [6.07, 6.45) is -2.74. The van der Waals surface area contributed by atoms with Crippen molar-refractivity contribution in [1.29, 1.82) is 0 Å². The van der Waals surface area contributed by atoms with E-state index in [4.69, 9.17) is 5.73 Å². The summed E-state index contributed by atoms with van der Waals surface area (Å²) in [7, 11) is 0. The van der Waals surface area contributed by atoms with E-state index >= 15 is 0 Å². The average molecular weight is 198 g/mol. The average Bonchev–Trinajstić information content (AvgIpc) is 1.98. The molecule has 0 aromatic carbocycles. The van der Waals surface area contributed by atoms with E-state index in [1.54, 1.807) is 0 Å².